The number of nitrogens with two attached hydrogens (primary N) is 2. The molecule has 0 aromatic carbocycles. The van der Waals surface area contributed by atoms with Gasteiger partial charge >= 0.3 is 0 Å². The Morgan fingerprint density at radius 2 is 2.00 bits per heavy atom. The molecule has 8 heavy (non-hydrogen) atoms. The van der Waals surface area contributed by atoms with Crippen LogP contribution in [-0.4, -0.2) is 5.11 Å². The maximum Gasteiger partial charge on any atom is 0.177 e. The van der Waals surface area contributed by atoms with Crippen LogP contribution in [0.2, 0.25) is 0 Å². The molecule has 0 radical (unpaired) electrons. The van der Waals surface area contributed by atoms with Gasteiger partial charge in [0.1, 0.15) is 5.40 Å². The zero-order valence-corrected chi connectivity index (χ0v) is 5.67. The van der Waals surface area contributed by atoms with Gasteiger partial charge in [0, 0.05) is 0 Å². The summed E-state index contributed by atoms with van der Waals surface area (Å²) in [6.45, 7) is 0. The second kappa shape index (κ2) is 9.70. The lowest BCUT2D eigenvalue weighted by molar-refractivity contribution is 1.03. The van der Waals surface area contributed by atoms with Crippen molar-refractivity contribution in [2.45, 2.75) is 0 Å². The maximum atomic E-state index is 7.18. The Kier molecular flexibility index (Phi) is 12.7. The number of nitrogens with one attached hydrogen (secondary N) is 1. The second-order valence-corrected chi connectivity index (χ2v) is 1.25. The molecule has 0 spiro atoms. The van der Waals surface area contributed by atoms with Gasteiger partial charge in [0.05, 0.1) is 0 Å². The minimum Gasteiger partial charge on any atom is -0.375 e. The monoisotopic (exact) mass is 150 g/mol. The molecule has 0 amide bonds. The predicted molar refractivity (Wildman–Crippen MR) is 38.7 cm³/mol. The van der Waals surface area contributed by atoms with Gasteiger partial charge in [0.25, 0.3) is 0 Å². The highest BCUT2D eigenvalue weighted by atomic mass is 32.1. The van der Waals surface area contributed by atoms with E-state index in [0.717, 1.165) is 0 Å². The van der Waals surface area contributed by atoms with Gasteiger partial charge in [-0.15, -0.1) is 0 Å². The molecule has 0 aliphatic carbocycles. The quantitative estimate of drug-likeness (QED) is 0.118. The lowest BCUT2D eigenvalue weighted by Gasteiger charge is -1.85. The number of hydrogen-bond donors (Lipinski definition) is 4. The van der Waals surface area contributed by atoms with Crippen molar-refractivity contribution in [2.75, 3.05) is 0 Å². The highest BCUT2D eigenvalue weighted by Crippen LogP contribution is 1.46. The van der Waals surface area contributed by atoms with Crippen LogP contribution in [0.5, 0.6) is 0 Å². The Hall–Kier alpha value is -0.510. The summed E-state index contributed by atoms with van der Waals surface area (Å²) in [7, 11) is 0. The molecule has 0 aromatic rings. The van der Waals surface area contributed by atoms with E-state index in [-0.39, 0.29) is 5.11 Å². The summed E-state index contributed by atoms with van der Waals surface area (Å²) < 4.78 is 0. The molecule has 0 aromatic heterocycles. The van der Waals surface area contributed by atoms with Gasteiger partial charge in [-0.3, -0.25) is 0 Å². The van der Waals surface area contributed by atoms with Crippen molar-refractivity contribution in [3.05, 3.63) is 0 Å². The minimum atomic E-state index is 0.116. The Bertz CT molecular complexity index is 94.7. The molecular weight excluding hydrogens is 144 g/mol. The van der Waals surface area contributed by atoms with Crippen LogP contribution in [0.15, 0.2) is 0 Å². The van der Waals surface area contributed by atoms with Gasteiger partial charge in [-0.25, -0.2) is 5.84 Å². The first-order chi connectivity index (χ1) is 3.68. The summed E-state index contributed by atoms with van der Waals surface area (Å²) in [4.78, 5) is 0. The Morgan fingerprint density at radius 1 is 1.88 bits per heavy atom. The summed E-state index contributed by atoms with van der Waals surface area (Å²) in [6.07, 6.45) is 0. The molecule has 0 atom stereocenters. The molecule has 0 heterocycles. The van der Waals surface area contributed by atoms with Gasteiger partial charge in [0.15, 0.2) is 5.11 Å². The standard InChI is InChI=1S/CH5N3S.CHNS/c2-1(5)4-3;2-1-3/h3H2,(H3,2,4,5);3H. The molecule has 0 unspecified atom stereocenters. The highest BCUT2D eigenvalue weighted by molar-refractivity contribution is 7.85. The number of hydrazine groups is 1. The smallest absolute Gasteiger partial charge is 0.177 e. The molecule has 0 aliphatic heterocycles. The van der Waals surface area contributed by atoms with Gasteiger partial charge in [-0.1, -0.05) is 12.6 Å². The van der Waals surface area contributed by atoms with Crippen LogP contribution in [0.3, 0.4) is 0 Å². The SMILES string of the molecule is N#CS.NNC(N)=S. The summed E-state index contributed by atoms with van der Waals surface area (Å²) in [6, 6.07) is 0. The summed E-state index contributed by atoms with van der Waals surface area (Å²) in [5, 5.41) is 8.74. The maximum absolute atomic E-state index is 7.18. The molecule has 5 N–H and O–H groups in total. The zero-order valence-electron chi connectivity index (χ0n) is 3.96. The molecule has 0 rings (SSSR count). The molecule has 0 fully saturated rings. The first-order valence-corrected chi connectivity index (χ1v) is 2.33. The van der Waals surface area contributed by atoms with E-state index < -0.39 is 0 Å². The third kappa shape index (κ3) is 49.9. The van der Waals surface area contributed by atoms with Crippen LogP contribution < -0.4 is 17.0 Å². The molecule has 0 saturated heterocycles. The topological polar surface area (TPSA) is 87.9 Å². The second-order valence-electron chi connectivity index (χ2n) is 0.609. The van der Waals surface area contributed by atoms with Crippen LogP contribution >= 0.6 is 24.8 Å². The zero-order chi connectivity index (χ0) is 6.99. The van der Waals surface area contributed by atoms with E-state index in [4.69, 9.17) is 11.0 Å². The van der Waals surface area contributed by atoms with Crippen molar-refractivity contribution >= 4 is 30.0 Å². The van der Waals surface area contributed by atoms with E-state index in [0.29, 0.717) is 0 Å². The van der Waals surface area contributed by atoms with Crippen LogP contribution in [0.1, 0.15) is 0 Å². The van der Waals surface area contributed by atoms with Crippen molar-refractivity contribution in [1.82, 2.24) is 5.43 Å². The summed E-state index contributed by atoms with van der Waals surface area (Å²) in [5.74, 6) is 4.66. The first-order valence-electron chi connectivity index (χ1n) is 1.48. The Labute approximate surface area is 58.2 Å². The number of thiocyanates is 1. The van der Waals surface area contributed by atoms with Crippen molar-refractivity contribution in [3.63, 3.8) is 0 Å². The minimum absolute atomic E-state index is 0.116. The molecule has 0 aliphatic rings. The molecule has 0 saturated carbocycles. The number of hydrogen-bond acceptors (Lipinski definition) is 4. The van der Waals surface area contributed by atoms with E-state index >= 15 is 0 Å². The van der Waals surface area contributed by atoms with Crippen molar-refractivity contribution < 1.29 is 0 Å². The van der Waals surface area contributed by atoms with Crippen molar-refractivity contribution in [1.29, 1.82) is 5.26 Å². The lowest BCUT2D eigenvalue weighted by Crippen LogP contribution is -2.34. The fourth-order valence-electron chi connectivity index (χ4n) is 0. The van der Waals surface area contributed by atoms with Crippen LogP contribution in [0.4, 0.5) is 0 Å². The highest BCUT2D eigenvalue weighted by Gasteiger charge is 1.66. The summed E-state index contributed by atoms with van der Waals surface area (Å²) in [5.41, 5.74) is 6.82. The van der Waals surface area contributed by atoms with Crippen LogP contribution in [0.25, 0.3) is 0 Å². The fraction of sp³-hybridized carbons (Fsp3) is 0. The van der Waals surface area contributed by atoms with Gasteiger partial charge in [0.2, 0.25) is 0 Å². The van der Waals surface area contributed by atoms with E-state index in [2.05, 4.69) is 30.7 Å². The Balaban J connectivity index is 0. The molecule has 0 bridgehead atoms. The summed E-state index contributed by atoms with van der Waals surface area (Å²) >= 11 is 7.33. The molecule has 4 nitrogen and oxygen atoms in total. The molecule has 6 heteroatoms. The van der Waals surface area contributed by atoms with E-state index in [1.807, 2.05) is 5.43 Å². The van der Waals surface area contributed by atoms with Gasteiger partial charge in [-0.05, 0) is 12.2 Å². The molecular formula is C2H6N4S2. The largest absolute Gasteiger partial charge is 0.375 e. The average molecular weight is 150 g/mol. The number of nitrogens with zero attached hydrogens (tertiary/aromatic N) is 1. The number of nitriles is 1. The normalized spacial score (nSPS) is 5.12. The van der Waals surface area contributed by atoms with Crippen LogP contribution in [0, 0.1) is 10.7 Å². The van der Waals surface area contributed by atoms with E-state index in [1.165, 1.54) is 5.40 Å². The number of thiol groups is 1. The van der Waals surface area contributed by atoms with Gasteiger partial charge in [-0.2, -0.15) is 5.26 Å². The van der Waals surface area contributed by atoms with E-state index in [1.54, 1.807) is 0 Å². The van der Waals surface area contributed by atoms with Crippen LogP contribution in [-0.2, 0) is 0 Å². The number of rotatable bonds is 0. The molecule has 46 valence electrons. The predicted octanol–water partition coefficient (Wildman–Crippen LogP) is -0.909. The van der Waals surface area contributed by atoms with Gasteiger partial charge < -0.3 is 11.2 Å². The number of thiocarbonyl (C=S) groups is 1. The third-order valence-electron chi connectivity index (χ3n) is 0.142. The average Bonchev–Trinajstić information content (AvgIpc) is 1.69. The third-order valence-corrected chi connectivity index (χ3v) is 0.260. The lowest BCUT2D eigenvalue weighted by atomic mass is 11.2. The fourth-order valence-corrected chi connectivity index (χ4v) is 0. The van der Waals surface area contributed by atoms with Crippen molar-refractivity contribution in [3.8, 4) is 5.40 Å². The first kappa shape index (κ1) is 10.5. The Morgan fingerprint density at radius 3 is 2.00 bits per heavy atom. The van der Waals surface area contributed by atoms with Crippen molar-refractivity contribution in [2.24, 2.45) is 11.6 Å². The van der Waals surface area contributed by atoms with E-state index in [9.17, 15) is 0 Å².